The lowest BCUT2D eigenvalue weighted by molar-refractivity contribution is 0.0950. The van der Waals surface area contributed by atoms with Gasteiger partial charge in [0.2, 0.25) is 0 Å². The number of hydrogen-bond donors (Lipinski definition) is 2. The number of benzene rings is 2. The van der Waals surface area contributed by atoms with E-state index >= 15 is 0 Å². The van der Waals surface area contributed by atoms with Gasteiger partial charge in [-0.2, -0.15) is 0 Å². The number of rotatable bonds is 4. The van der Waals surface area contributed by atoms with Crippen molar-refractivity contribution in [3.63, 3.8) is 0 Å². The van der Waals surface area contributed by atoms with Crippen molar-refractivity contribution < 1.29 is 9.18 Å². The monoisotopic (exact) mass is 297 g/mol. The highest BCUT2D eigenvalue weighted by Gasteiger charge is 2.14. The molecule has 0 aliphatic carbocycles. The Morgan fingerprint density at radius 2 is 1.86 bits per heavy atom. The second kappa shape index (κ2) is 6.39. The second-order valence-corrected chi connectivity index (χ2v) is 4.98. The van der Waals surface area contributed by atoms with Crippen LogP contribution in [0.3, 0.4) is 0 Å². The highest BCUT2D eigenvalue weighted by atomic mass is 19.1. The molecule has 0 saturated carbocycles. The number of amidine groups is 1. The van der Waals surface area contributed by atoms with Gasteiger partial charge in [-0.15, -0.1) is 0 Å². The maximum Gasteiger partial charge on any atom is 0.254 e. The molecule has 2 aromatic carbocycles. The van der Waals surface area contributed by atoms with Crippen LogP contribution >= 0.6 is 0 Å². The Bertz CT molecular complexity index is 727. The predicted octanol–water partition coefficient (Wildman–Crippen LogP) is 2.11. The number of fused-ring (bicyclic) bond motifs is 1. The summed E-state index contributed by atoms with van der Waals surface area (Å²) in [5.41, 5.74) is 2.36. The third-order valence-electron chi connectivity index (χ3n) is 3.50. The minimum Gasteiger partial charge on any atom is -0.368 e. The molecule has 5 heteroatoms. The van der Waals surface area contributed by atoms with E-state index in [-0.39, 0.29) is 5.56 Å². The van der Waals surface area contributed by atoms with E-state index in [2.05, 4.69) is 15.6 Å². The zero-order chi connectivity index (χ0) is 15.4. The van der Waals surface area contributed by atoms with Crippen LogP contribution in [0.1, 0.15) is 21.5 Å². The van der Waals surface area contributed by atoms with E-state index in [9.17, 15) is 9.18 Å². The maximum absolute atomic E-state index is 13.5. The fourth-order valence-electron chi connectivity index (χ4n) is 2.39. The van der Waals surface area contributed by atoms with Crippen molar-refractivity contribution in [2.24, 2.45) is 4.99 Å². The Kier molecular flexibility index (Phi) is 4.14. The molecular formula is C17H16FN3O. The first-order valence-electron chi connectivity index (χ1n) is 7.15. The molecule has 0 unspecified atom stereocenters. The second-order valence-electron chi connectivity index (χ2n) is 4.98. The molecule has 112 valence electrons. The van der Waals surface area contributed by atoms with Gasteiger partial charge in [-0.25, -0.2) is 4.39 Å². The fraction of sp³-hybridized carbons (Fsp3) is 0.176. The standard InChI is InChI=1S/C17H16FN3O/c18-15-8-4-3-7-14(15)17(22)20-10-9-19-16-13-6-2-1-5-12(13)11-21-16/h1-8H,9-11H2,(H,19,21)(H,20,22). The summed E-state index contributed by atoms with van der Waals surface area (Å²) in [4.78, 5) is 16.3. The summed E-state index contributed by atoms with van der Waals surface area (Å²) in [7, 11) is 0. The van der Waals surface area contributed by atoms with Crippen LogP contribution in [0.25, 0.3) is 0 Å². The molecule has 0 spiro atoms. The normalized spacial score (nSPS) is 12.5. The maximum atomic E-state index is 13.5. The van der Waals surface area contributed by atoms with Gasteiger partial charge in [0.15, 0.2) is 0 Å². The van der Waals surface area contributed by atoms with E-state index in [4.69, 9.17) is 0 Å². The smallest absolute Gasteiger partial charge is 0.254 e. The zero-order valence-corrected chi connectivity index (χ0v) is 12.0. The van der Waals surface area contributed by atoms with Crippen LogP contribution in [0.15, 0.2) is 53.5 Å². The Labute approximate surface area is 128 Å². The number of nitrogens with zero attached hydrogens (tertiary/aromatic N) is 1. The van der Waals surface area contributed by atoms with Gasteiger partial charge in [-0.1, -0.05) is 36.4 Å². The molecule has 0 fully saturated rings. The lowest BCUT2D eigenvalue weighted by atomic mass is 10.1. The summed E-state index contributed by atoms with van der Waals surface area (Å²) < 4.78 is 13.5. The average molecular weight is 297 g/mol. The molecule has 1 aliphatic rings. The van der Waals surface area contributed by atoms with E-state index in [1.807, 2.05) is 24.3 Å². The van der Waals surface area contributed by atoms with Crippen LogP contribution in [0.5, 0.6) is 0 Å². The summed E-state index contributed by atoms with van der Waals surface area (Å²) in [5, 5.41) is 5.89. The van der Waals surface area contributed by atoms with Crippen molar-refractivity contribution in [2.45, 2.75) is 6.54 Å². The summed E-state index contributed by atoms with van der Waals surface area (Å²) in [6.07, 6.45) is 0. The first-order valence-corrected chi connectivity index (χ1v) is 7.15. The Balaban J connectivity index is 1.49. The topological polar surface area (TPSA) is 53.5 Å². The number of carbonyl (C=O) groups excluding carboxylic acids is 1. The first kappa shape index (κ1) is 14.3. The van der Waals surface area contributed by atoms with Crippen LogP contribution in [0.2, 0.25) is 0 Å². The summed E-state index contributed by atoms with van der Waals surface area (Å²) in [6, 6.07) is 14.0. The molecule has 22 heavy (non-hydrogen) atoms. The molecule has 0 bridgehead atoms. The van der Waals surface area contributed by atoms with Crippen LogP contribution in [0, 0.1) is 5.82 Å². The van der Waals surface area contributed by atoms with Gasteiger partial charge in [0, 0.05) is 18.7 Å². The lowest BCUT2D eigenvalue weighted by Crippen LogP contribution is -2.34. The quantitative estimate of drug-likeness (QED) is 0.849. The molecule has 2 aromatic rings. The molecule has 0 atom stereocenters. The first-order chi connectivity index (χ1) is 10.8. The van der Waals surface area contributed by atoms with Crippen LogP contribution < -0.4 is 10.6 Å². The average Bonchev–Trinajstić information content (AvgIpc) is 2.95. The van der Waals surface area contributed by atoms with Crippen molar-refractivity contribution in [1.82, 2.24) is 10.6 Å². The summed E-state index contributed by atoms with van der Waals surface area (Å²) in [6.45, 7) is 1.61. The van der Waals surface area contributed by atoms with Gasteiger partial charge in [-0.05, 0) is 17.7 Å². The minimum absolute atomic E-state index is 0.0612. The lowest BCUT2D eigenvalue weighted by Gasteiger charge is -2.09. The minimum atomic E-state index is -0.512. The highest BCUT2D eigenvalue weighted by molar-refractivity contribution is 6.02. The van der Waals surface area contributed by atoms with Gasteiger partial charge < -0.3 is 10.6 Å². The van der Waals surface area contributed by atoms with E-state index in [1.165, 1.54) is 17.7 Å². The third kappa shape index (κ3) is 2.98. The number of aliphatic imine (C=N–C) groups is 1. The summed E-state index contributed by atoms with van der Waals surface area (Å²) in [5.74, 6) is -0.0774. The zero-order valence-electron chi connectivity index (χ0n) is 12.0. The molecule has 3 rings (SSSR count). The number of nitrogens with one attached hydrogen (secondary N) is 2. The SMILES string of the molecule is O=C(NCCNC1=NCc2ccccc21)c1ccccc1F. The summed E-state index contributed by atoms with van der Waals surface area (Å²) >= 11 is 0. The van der Waals surface area contributed by atoms with Crippen molar-refractivity contribution in [3.8, 4) is 0 Å². The van der Waals surface area contributed by atoms with Gasteiger partial charge >= 0.3 is 0 Å². The molecule has 1 amide bonds. The molecular weight excluding hydrogens is 281 g/mol. The third-order valence-corrected chi connectivity index (χ3v) is 3.50. The molecule has 2 N–H and O–H groups in total. The van der Waals surface area contributed by atoms with E-state index in [0.29, 0.717) is 19.6 Å². The molecule has 0 radical (unpaired) electrons. The molecule has 1 heterocycles. The van der Waals surface area contributed by atoms with Crippen molar-refractivity contribution in [2.75, 3.05) is 13.1 Å². The van der Waals surface area contributed by atoms with Crippen molar-refractivity contribution in [1.29, 1.82) is 0 Å². The van der Waals surface area contributed by atoms with Gasteiger partial charge in [0.05, 0.1) is 12.1 Å². The van der Waals surface area contributed by atoms with Gasteiger partial charge in [-0.3, -0.25) is 9.79 Å². The van der Waals surface area contributed by atoms with Crippen molar-refractivity contribution in [3.05, 3.63) is 71.0 Å². The fourth-order valence-corrected chi connectivity index (χ4v) is 2.39. The van der Waals surface area contributed by atoms with Crippen LogP contribution in [-0.2, 0) is 6.54 Å². The molecule has 0 aromatic heterocycles. The van der Waals surface area contributed by atoms with E-state index in [1.54, 1.807) is 12.1 Å². The van der Waals surface area contributed by atoms with Gasteiger partial charge in [0.25, 0.3) is 5.91 Å². The van der Waals surface area contributed by atoms with E-state index < -0.39 is 11.7 Å². The highest BCUT2D eigenvalue weighted by Crippen LogP contribution is 2.16. The number of amides is 1. The number of halogens is 1. The van der Waals surface area contributed by atoms with Crippen LogP contribution in [-0.4, -0.2) is 24.8 Å². The molecule has 0 saturated heterocycles. The van der Waals surface area contributed by atoms with Crippen LogP contribution in [0.4, 0.5) is 4.39 Å². The Morgan fingerprint density at radius 1 is 1.09 bits per heavy atom. The van der Waals surface area contributed by atoms with Crippen molar-refractivity contribution >= 4 is 11.7 Å². The van der Waals surface area contributed by atoms with Gasteiger partial charge in [0.1, 0.15) is 11.7 Å². The largest absolute Gasteiger partial charge is 0.368 e. The molecule has 4 nitrogen and oxygen atoms in total. The Hall–Kier alpha value is -2.69. The molecule has 1 aliphatic heterocycles. The van der Waals surface area contributed by atoms with E-state index in [0.717, 1.165) is 11.4 Å². The Morgan fingerprint density at radius 3 is 2.73 bits per heavy atom. The predicted molar refractivity (Wildman–Crippen MR) is 83.4 cm³/mol. The number of hydrogen-bond acceptors (Lipinski definition) is 3. The number of carbonyl (C=O) groups is 1.